The van der Waals surface area contributed by atoms with E-state index in [1.807, 2.05) is 0 Å². The van der Waals surface area contributed by atoms with Gasteiger partial charge in [0.1, 0.15) is 6.61 Å². The fourth-order valence-electron chi connectivity index (χ4n) is 3.79. The molecule has 0 aliphatic heterocycles. The Morgan fingerprint density at radius 1 is 0.595 bits per heavy atom. The van der Waals surface area contributed by atoms with Crippen LogP contribution < -0.4 is 0 Å². The summed E-state index contributed by atoms with van der Waals surface area (Å²) < 4.78 is 10.4. The maximum absolute atomic E-state index is 11.9. The lowest BCUT2D eigenvalue weighted by molar-refractivity contribution is -0.161. The molecule has 0 aromatic heterocycles. The monoisotopic (exact) mass is 532 g/mol. The Labute approximate surface area is 227 Å². The second-order valence-electron chi connectivity index (χ2n) is 10.2. The van der Waals surface area contributed by atoms with Gasteiger partial charge in [-0.05, 0) is 19.8 Å². The number of hydrogen-bond acceptors (Lipinski definition) is 7. The zero-order valence-corrected chi connectivity index (χ0v) is 24.4. The molecule has 3 N–H and O–H groups in total. The third-order valence-corrected chi connectivity index (χ3v) is 6.17. The van der Waals surface area contributed by atoms with Crippen LogP contribution in [0, 0.1) is 0 Å². The first-order valence-electron chi connectivity index (χ1n) is 15.2. The molecule has 0 spiro atoms. The van der Waals surface area contributed by atoms with Crippen LogP contribution in [0.2, 0.25) is 0 Å². The van der Waals surface area contributed by atoms with Crippen LogP contribution in [0.3, 0.4) is 0 Å². The minimum atomic E-state index is -0.756. The average Bonchev–Trinajstić information content (AvgIpc) is 2.89. The number of aliphatic hydroxyl groups is 3. The molecule has 0 heterocycles. The number of carbonyl (C=O) groups excluding carboxylic acids is 2. The molecule has 37 heavy (non-hydrogen) atoms. The standard InChI is InChI=1S/C27H52O5.C3H8O2/c1-3-5-7-9-11-13-15-17-19-21-26(29)31-24-25(23-28)32-27(30)22-20-18-16-14-12-10-8-6-4-2;1-3(5)2-4/h25,28H,3-24H2,1-2H3;3-5H,2H2,1H3. The van der Waals surface area contributed by atoms with E-state index < -0.39 is 12.2 Å². The van der Waals surface area contributed by atoms with Gasteiger partial charge in [0.2, 0.25) is 0 Å². The smallest absolute Gasteiger partial charge is 0.306 e. The third kappa shape index (κ3) is 32.8. The molecule has 2 atom stereocenters. The molecular weight excluding hydrogens is 472 g/mol. The van der Waals surface area contributed by atoms with E-state index in [2.05, 4.69) is 13.8 Å². The van der Waals surface area contributed by atoms with Crippen LogP contribution in [-0.2, 0) is 19.1 Å². The number of carbonyl (C=O) groups is 2. The lowest BCUT2D eigenvalue weighted by atomic mass is 10.1. The summed E-state index contributed by atoms with van der Waals surface area (Å²) in [5.74, 6) is -0.594. The van der Waals surface area contributed by atoms with Gasteiger partial charge in [-0.2, -0.15) is 0 Å². The van der Waals surface area contributed by atoms with Gasteiger partial charge in [0.25, 0.3) is 0 Å². The summed E-state index contributed by atoms with van der Waals surface area (Å²) in [5.41, 5.74) is 0. The highest BCUT2D eigenvalue weighted by atomic mass is 16.6. The van der Waals surface area contributed by atoms with Crippen LogP contribution in [0.4, 0.5) is 0 Å². The first kappa shape index (κ1) is 38.0. The summed E-state index contributed by atoms with van der Waals surface area (Å²) in [4.78, 5) is 23.8. The van der Waals surface area contributed by atoms with Crippen molar-refractivity contribution in [2.24, 2.45) is 0 Å². The van der Waals surface area contributed by atoms with E-state index in [1.54, 1.807) is 0 Å². The molecule has 0 aliphatic rings. The third-order valence-electron chi connectivity index (χ3n) is 6.17. The number of hydrogen-bond donors (Lipinski definition) is 3. The van der Waals surface area contributed by atoms with E-state index in [4.69, 9.17) is 19.7 Å². The van der Waals surface area contributed by atoms with E-state index in [-0.39, 0.29) is 31.8 Å². The number of unbranched alkanes of at least 4 members (excludes halogenated alkanes) is 16. The van der Waals surface area contributed by atoms with Crippen LogP contribution >= 0.6 is 0 Å². The second kappa shape index (κ2) is 31.0. The van der Waals surface area contributed by atoms with E-state index in [9.17, 15) is 14.7 Å². The quantitative estimate of drug-likeness (QED) is 0.0892. The van der Waals surface area contributed by atoms with Crippen molar-refractivity contribution >= 4 is 11.9 Å². The molecular formula is C30H60O7. The minimum Gasteiger partial charge on any atom is -0.462 e. The van der Waals surface area contributed by atoms with Gasteiger partial charge in [-0.1, -0.05) is 117 Å². The van der Waals surface area contributed by atoms with E-state index in [0.717, 1.165) is 38.5 Å². The van der Waals surface area contributed by atoms with Gasteiger partial charge in [0.05, 0.1) is 19.3 Å². The predicted molar refractivity (Wildman–Crippen MR) is 150 cm³/mol. The molecule has 0 aromatic rings. The van der Waals surface area contributed by atoms with E-state index in [0.29, 0.717) is 12.8 Å². The SMILES string of the molecule is CC(O)CO.CCCCCCCCCCCC(=O)OCC(CO)OC(=O)CCCCCCCCCCC. The van der Waals surface area contributed by atoms with Gasteiger partial charge in [-0.3, -0.25) is 9.59 Å². The second-order valence-corrected chi connectivity index (χ2v) is 10.2. The molecule has 0 saturated heterocycles. The molecule has 222 valence electrons. The van der Waals surface area contributed by atoms with Gasteiger partial charge in [-0.15, -0.1) is 0 Å². The fourth-order valence-corrected chi connectivity index (χ4v) is 3.79. The first-order chi connectivity index (χ1) is 17.9. The summed E-state index contributed by atoms with van der Waals surface area (Å²) in [6, 6.07) is 0. The summed E-state index contributed by atoms with van der Waals surface area (Å²) in [6.07, 6.45) is 21.0. The van der Waals surface area contributed by atoms with Crippen molar-refractivity contribution in [3.8, 4) is 0 Å². The molecule has 7 nitrogen and oxygen atoms in total. The maximum atomic E-state index is 11.9. The largest absolute Gasteiger partial charge is 0.462 e. The predicted octanol–water partition coefficient (Wildman–Crippen LogP) is 6.64. The van der Waals surface area contributed by atoms with Crippen LogP contribution in [-0.4, -0.2) is 59.3 Å². The molecule has 0 fully saturated rings. The minimum absolute atomic E-state index is 0.0593. The van der Waals surface area contributed by atoms with Gasteiger partial charge < -0.3 is 24.8 Å². The summed E-state index contributed by atoms with van der Waals surface area (Å²) in [6.45, 7) is 5.46. The summed E-state index contributed by atoms with van der Waals surface area (Å²) in [7, 11) is 0. The molecule has 0 bridgehead atoms. The number of esters is 2. The normalized spacial score (nSPS) is 12.4. The van der Waals surface area contributed by atoms with E-state index in [1.165, 1.54) is 84.0 Å². The Hall–Kier alpha value is -1.18. The van der Waals surface area contributed by atoms with Crippen molar-refractivity contribution in [1.29, 1.82) is 0 Å². The Kier molecular flexibility index (Phi) is 31.9. The Balaban J connectivity index is 0. The molecule has 0 amide bonds. The van der Waals surface area contributed by atoms with Gasteiger partial charge in [0, 0.05) is 12.8 Å². The molecule has 0 saturated carbocycles. The molecule has 0 radical (unpaired) electrons. The highest BCUT2D eigenvalue weighted by molar-refractivity contribution is 5.70. The molecule has 2 unspecified atom stereocenters. The highest BCUT2D eigenvalue weighted by Crippen LogP contribution is 2.12. The average molecular weight is 533 g/mol. The van der Waals surface area contributed by atoms with Crippen molar-refractivity contribution in [3.05, 3.63) is 0 Å². The molecule has 0 aliphatic carbocycles. The topological polar surface area (TPSA) is 113 Å². The summed E-state index contributed by atoms with van der Waals surface area (Å²) in [5, 5.41) is 25.4. The van der Waals surface area contributed by atoms with Crippen molar-refractivity contribution in [1.82, 2.24) is 0 Å². The zero-order valence-electron chi connectivity index (χ0n) is 24.4. The zero-order chi connectivity index (χ0) is 28.0. The maximum Gasteiger partial charge on any atom is 0.306 e. The lowest BCUT2D eigenvalue weighted by Gasteiger charge is -2.15. The van der Waals surface area contributed by atoms with Crippen molar-refractivity contribution in [3.63, 3.8) is 0 Å². The fraction of sp³-hybridized carbons (Fsp3) is 0.933. The Morgan fingerprint density at radius 2 is 0.946 bits per heavy atom. The van der Waals surface area contributed by atoms with Crippen molar-refractivity contribution < 1.29 is 34.4 Å². The molecule has 7 heteroatoms. The number of aliphatic hydroxyl groups excluding tert-OH is 3. The van der Waals surface area contributed by atoms with Crippen LogP contribution in [0.5, 0.6) is 0 Å². The first-order valence-corrected chi connectivity index (χ1v) is 15.2. The van der Waals surface area contributed by atoms with Crippen molar-refractivity contribution in [2.75, 3.05) is 19.8 Å². The number of rotatable bonds is 25. The highest BCUT2D eigenvalue weighted by Gasteiger charge is 2.16. The van der Waals surface area contributed by atoms with Crippen LogP contribution in [0.1, 0.15) is 149 Å². The molecule has 0 aromatic carbocycles. The lowest BCUT2D eigenvalue weighted by Crippen LogP contribution is -2.28. The van der Waals surface area contributed by atoms with Crippen LogP contribution in [0.25, 0.3) is 0 Å². The van der Waals surface area contributed by atoms with Gasteiger partial charge in [-0.25, -0.2) is 0 Å². The Bertz CT molecular complexity index is 483. The number of ether oxygens (including phenoxy) is 2. The van der Waals surface area contributed by atoms with Gasteiger partial charge >= 0.3 is 11.9 Å². The van der Waals surface area contributed by atoms with Gasteiger partial charge in [0.15, 0.2) is 6.10 Å². The Morgan fingerprint density at radius 3 is 1.30 bits per heavy atom. The van der Waals surface area contributed by atoms with E-state index >= 15 is 0 Å². The van der Waals surface area contributed by atoms with Crippen LogP contribution in [0.15, 0.2) is 0 Å². The summed E-state index contributed by atoms with van der Waals surface area (Å²) >= 11 is 0. The van der Waals surface area contributed by atoms with Crippen molar-refractivity contribution in [2.45, 2.75) is 161 Å². The molecule has 0 rings (SSSR count).